The first-order valence-corrected chi connectivity index (χ1v) is 6.04. The van der Waals surface area contributed by atoms with Gasteiger partial charge in [-0.1, -0.05) is 37.6 Å². The van der Waals surface area contributed by atoms with Crippen molar-refractivity contribution in [1.29, 1.82) is 0 Å². The number of aliphatic hydroxyl groups excluding tert-OH is 1. The van der Waals surface area contributed by atoms with E-state index in [0.717, 1.165) is 5.02 Å². The van der Waals surface area contributed by atoms with Crippen LogP contribution in [-0.4, -0.2) is 17.8 Å². The van der Waals surface area contributed by atoms with Crippen LogP contribution < -0.4 is 5.32 Å². The zero-order valence-corrected chi connectivity index (χ0v) is 10.8. The van der Waals surface area contributed by atoms with Crippen LogP contribution in [0.3, 0.4) is 0 Å². The van der Waals surface area contributed by atoms with E-state index >= 15 is 0 Å². The molecule has 0 bridgehead atoms. The van der Waals surface area contributed by atoms with Gasteiger partial charge >= 0.3 is 0 Å². The smallest absolute Gasteiger partial charge is 0.0587 e. The summed E-state index contributed by atoms with van der Waals surface area (Å²) in [6, 6.07) is 8.14. The lowest BCUT2D eigenvalue weighted by atomic mass is 10.0. The third kappa shape index (κ3) is 3.78. The molecule has 0 fully saturated rings. The molecule has 90 valence electrons. The predicted octanol–water partition coefficient (Wildman–Crippen LogP) is 3.01. The topological polar surface area (TPSA) is 32.3 Å². The normalized spacial score (nSPS) is 15.1. The van der Waals surface area contributed by atoms with Crippen LogP contribution in [-0.2, 0) is 0 Å². The quantitative estimate of drug-likeness (QED) is 0.831. The van der Waals surface area contributed by atoms with Crippen LogP contribution in [0.25, 0.3) is 0 Å². The first-order chi connectivity index (χ1) is 7.54. The van der Waals surface area contributed by atoms with Gasteiger partial charge in [-0.25, -0.2) is 0 Å². The predicted molar refractivity (Wildman–Crippen MR) is 68.7 cm³/mol. The molecule has 0 aliphatic heterocycles. The van der Waals surface area contributed by atoms with Gasteiger partial charge in [0, 0.05) is 17.1 Å². The molecule has 0 amide bonds. The van der Waals surface area contributed by atoms with E-state index in [9.17, 15) is 5.11 Å². The fourth-order valence-corrected chi connectivity index (χ4v) is 1.75. The fourth-order valence-electron chi connectivity index (χ4n) is 1.62. The molecule has 0 saturated heterocycles. The Bertz CT molecular complexity index is 310. The van der Waals surface area contributed by atoms with E-state index in [1.165, 1.54) is 5.56 Å². The van der Waals surface area contributed by atoms with E-state index < -0.39 is 0 Å². The van der Waals surface area contributed by atoms with E-state index in [4.69, 9.17) is 11.6 Å². The van der Waals surface area contributed by atoms with Crippen molar-refractivity contribution in [1.82, 2.24) is 5.32 Å². The van der Waals surface area contributed by atoms with Crippen molar-refractivity contribution < 1.29 is 5.11 Å². The second-order valence-corrected chi connectivity index (χ2v) is 4.91. The molecule has 0 saturated carbocycles. The van der Waals surface area contributed by atoms with Crippen LogP contribution in [0.1, 0.15) is 32.4 Å². The summed E-state index contributed by atoms with van der Waals surface area (Å²) in [7, 11) is 0. The number of aliphatic hydroxyl groups is 1. The third-order valence-electron chi connectivity index (χ3n) is 2.84. The Kier molecular flexibility index (Phi) is 5.26. The fraction of sp³-hybridized carbons (Fsp3) is 0.538. The molecule has 0 aliphatic rings. The third-order valence-corrected chi connectivity index (χ3v) is 3.09. The minimum absolute atomic E-state index is 0.130. The molecule has 2 N–H and O–H groups in total. The zero-order chi connectivity index (χ0) is 12.1. The van der Waals surface area contributed by atoms with Crippen LogP contribution in [0, 0.1) is 5.92 Å². The summed E-state index contributed by atoms with van der Waals surface area (Å²) in [6.07, 6.45) is 0. The van der Waals surface area contributed by atoms with Crippen molar-refractivity contribution >= 4 is 11.6 Å². The van der Waals surface area contributed by atoms with Crippen LogP contribution in [0.2, 0.25) is 5.02 Å². The maximum Gasteiger partial charge on any atom is 0.0587 e. The van der Waals surface area contributed by atoms with Crippen LogP contribution in [0.5, 0.6) is 0 Å². The van der Waals surface area contributed by atoms with Crippen LogP contribution in [0.4, 0.5) is 0 Å². The average Bonchev–Trinajstić information content (AvgIpc) is 2.26. The van der Waals surface area contributed by atoms with E-state index in [1.807, 2.05) is 24.3 Å². The molecule has 3 heteroatoms. The highest BCUT2D eigenvalue weighted by Crippen LogP contribution is 2.17. The molecule has 0 aromatic heterocycles. The van der Waals surface area contributed by atoms with Gasteiger partial charge in [0.15, 0.2) is 0 Å². The lowest BCUT2D eigenvalue weighted by molar-refractivity contribution is 0.201. The van der Waals surface area contributed by atoms with Crippen molar-refractivity contribution in [3.63, 3.8) is 0 Å². The van der Waals surface area contributed by atoms with Gasteiger partial charge in [-0.3, -0.25) is 0 Å². The Balaban J connectivity index is 2.64. The van der Waals surface area contributed by atoms with E-state index in [2.05, 4.69) is 26.1 Å². The maximum atomic E-state index is 9.25. The van der Waals surface area contributed by atoms with Crippen molar-refractivity contribution in [2.45, 2.75) is 32.9 Å². The molecule has 0 unspecified atom stereocenters. The van der Waals surface area contributed by atoms with Gasteiger partial charge < -0.3 is 10.4 Å². The molecule has 0 heterocycles. The second kappa shape index (κ2) is 6.24. The Hall–Kier alpha value is -0.570. The molecule has 1 rings (SSSR count). The molecule has 2 atom stereocenters. The number of hydrogen-bond acceptors (Lipinski definition) is 2. The Morgan fingerprint density at radius 2 is 1.75 bits per heavy atom. The number of nitrogens with one attached hydrogen (secondary N) is 1. The summed E-state index contributed by atoms with van der Waals surface area (Å²) in [5.41, 5.74) is 1.18. The number of benzene rings is 1. The summed E-state index contributed by atoms with van der Waals surface area (Å²) in [4.78, 5) is 0. The molecule has 0 radical (unpaired) electrons. The van der Waals surface area contributed by atoms with Crippen molar-refractivity contribution in [3.8, 4) is 0 Å². The Morgan fingerprint density at radius 3 is 2.19 bits per heavy atom. The van der Waals surface area contributed by atoms with E-state index in [1.54, 1.807) is 0 Å². The van der Waals surface area contributed by atoms with Crippen molar-refractivity contribution in [2.24, 2.45) is 5.92 Å². The highest BCUT2D eigenvalue weighted by Gasteiger charge is 2.15. The van der Waals surface area contributed by atoms with Gasteiger partial charge in [0.05, 0.1) is 6.61 Å². The van der Waals surface area contributed by atoms with Gasteiger partial charge in [0.25, 0.3) is 0 Å². The molecular weight excluding hydrogens is 222 g/mol. The Labute approximate surface area is 103 Å². The van der Waals surface area contributed by atoms with Gasteiger partial charge in [-0.2, -0.15) is 0 Å². The summed E-state index contributed by atoms with van der Waals surface area (Å²) in [5, 5.41) is 13.4. The molecular formula is C13H20ClNO. The van der Waals surface area contributed by atoms with E-state index in [-0.39, 0.29) is 18.7 Å². The molecule has 1 aromatic carbocycles. The van der Waals surface area contributed by atoms with Crippen molar-refractivity contribution in [2.75, 3.05) is 6.61 Å². The first kappa shape index (κ1) is 13.5. The molecule has 1 aromatic rings. The largest absolute Gasteiger partial charge is 0.395 e. The highest BCUT2D eigenvalue weighted by atomic mass is 35.5. The minimum atomic E-state index is 0.130. The van der Waals surface area contributed by atoms with E-state index in [0.29, 0.717) is 5.92 Å². The average molecular weight is 242 g/mol. The summed E-state index contributed by atoms with van der Waals surface area (Å²) < 4.78 is 0. The number of halogens is 1. The number of rotatable bonds is 5. The lowest BCUT2D eigenvalue weighted by Crippen LogP contribution is -2.38. The second-order valence-electron chi connectivity index (χ2n) is 4.47. The minimum Gasteiger partial charge on any atom is -0.395 e. The zero-order valence-electron chi connectivity index (χ0n) is 10.1. The molecule has 0 spiro atoms. The monoisotopic (exact) mass is 241 g/mol. The molecule has 16 heavy (non-hydrogen) atoms. The molecule has 0 aliphatic carbocycles. The summed E-state index contributed by atoms with van der Waals surface area (Å²) in [6.45, 7) is 6.45. The lowest BCUT2D eigenvalue weighted by Gasteiger charge is -2.25. The van der Waals surface area contributed by atoms with Crippen molar-refractivity contribution in [3.05, 3.63) is 34.9 Å². The van der Waals surface area contributed by atoms with Gasteiger partial charge in [-0.05, 0) is 30.5 Å². The van der Waals surface area contributed by atoms with Gasteiger partial charge in [0.1, 0.15) is 0 Å². The van der Waals surface area contributed by atoms with Crippen LogP contribution >= 0.6 is 11.6 Å². The summed E-state index contributed by atoms with van der Waals surface area (Å²) in [5.74, 6) is 0.416. The number of hydrogen-bond donors (Lipinski definition) is 2. The SMILES string of the molecule is CC(C)[C@@H](CO)N[C@H](C)c1ccc(Cl)cc1. The standard InChI is InChI=1S/C13H20ClNO/c1-9(2)13(8-16)15-10(3)11-4-6-12(14)7-5-11/h4-7,9-10,13,15-16H,8H2,1-3H3/t10-,13-/m1/s1. The van der Waals surface area contributed by atoms with Crippen LogP contribution in [0.15, 0.2) is 24.3 Å². The van der Waals surface area contributed by atoms with Gasteiger partial charge in [0.2, 0.25) is 0 Å². The summed E-state index contributed by atoms with van der Waals surface area (Å²) >= 11 is 5.84. The highest BCUT2D eigenvalue weighted by molar-refractivity contribution is 6.30. The first-order valence-electron chi connectivity index (χ1n) is 5.67. The Morgan fingerprint density at radius 1 is 1.19 bits per heavy atom. The molecule has 2 nitrogen and oxygen atoms in total. The van der Waals surface area contributed by atoms with Gasteiger partial charge in [-0.15, -0.1) is 0 Å². The maximum absolute atomic E-state index is 9.25.